The molecule has 0 atom stereocenters. The first-order chi connectivity index (χ1) is 6.86. The number of nitrogens with one attached hydrogen (secondary N) is 2. The van der Waals surface area contributed by atoms with Gasteiger partial charge in [0.1, 0.15) is 4.60 Å². The molecule has 2 N–H and O–H groups in total. The SMILES string of the molecule is Brc1[nH]ncc1CCN1CCNCC1. The Kier molecular flexibility index (Phi) is 3.55. The van der Waals surface area contributed by atoms with Gasteiger partial charge in [-0.3, -0.25) is 5.10 Å². The molecule has 0 radical (unpaired) electrons. The maximum atomic E-state index is 3.98. The lowest BCUT2D eigenvalue weighted by atomic mass is 10.2. The molecular weight excluding hydrogens is 244 g/mol. The second kappa shape index (κ2) is 4.91. The van der Waals surface area contributed by atoms with Gasteiger partial charge in [-0.05, 0) is 22.4 Å². The highest BCUT2D eigenvalue weighted by molar-refractivity contribution is 9.10. The lowest BCUT2D eigenvalue weighted by molar-refractivity contribution is 0.244. The average Bonchev–Trinajstić information content (AvgIpc) is 2.63. The monoisotopic (exact) mass is 258 g/mol. The van der Waals surface area contributed by atoms with Crippen molar-refractivity contribution in [2.24, 2.45) is 0 Å². The van der Waals surface area contributed by atoms with Crippen LogP contribution in [0.3, 0.4) is 0 Å². The molecular formula is C9H15BrN4. The summed E-state index contributed by atoms with van der Waals surface area (Å²) < 4.78 is 1.02. The summed E-state index contributed by atoms with van der Waals surface area (Å²) >= 11 is 3.44. The third-order valence-electron chi connectivity index (χ3n) is 2.57. The van der Waals surface area contributed by atoms with E-state index in [1.165, 1.54) is 5.56 Å². The number of rotatable bonds is 3. The minimum atomic E-state index is 1.02. The van der Waals surface area contributed by atoms with Gasteiger partial charge in [-0.15, -0.1) is 0 Å². The molecule has 1 aliphatic heterocycles. The van der Waals surface area contributed by atoms with E-state index in [0.29, 0.717) is 0 Å². The highest BCUT2D eigenvalue weighted by atomic mass is 79.9. The molecule has 2 heterocycles. The zero-order chi connectivity index (χ0) is 9.80. The fourth-order valence-corrected chi connectivity index (χ4v) is 2.09. The Morgan fingerprint density at radius 1 is 1.43 bits per heavy atom. The van der Waals surface area contributed by atoms with E-state index in [1.807, 2.05) is 6.20 Å². The second-order valence-electron chi connectivity index (χ2n) is 3.55. The molecule has 0 bridgehead atoms. The number of aromatic amines is 1. The van der Waals surface area contributed by atoms with Crippen molar-refractivity contribution in [1.29, 1.82) is 0 Å². The third kappa shape index (κ3) is 2.56. The smallest absolute Gasteiger partial charge is 0.104 e. The van der Waals surface area contributed by atoms with Crippen LogP contribution in [-0.4, -0.2) is 47.8 Å². The first-order valence-electron chi connectivity index (χ1n) is 4.97. The summed E-state index contributed by atoms with van der Waals surface area (Å²) in [7, 11) is 0. The summed E-state index contributed by atoms with van der Waals surface area (Å²) in [5.74, 6) is 0. The van der Waals surface area contributed by atoms with Crippen LogP contribution >= 0.6 is 15.9 Å². The van der Waals surface area contributed by atoms with E-state index in [1.54, 1.807) is 0 Å². The van der Waals surface area contributed by atoms with Gasteiger partial charge in [-0.2, -0.15) is 5.10 Å². The highest BCUT2D eigenvalue weighted by Gasteiger charge is 2.10. The van der Waals surface area contributed by atoms with Crippen LogP contribution in [0.5, 0.6) is 0 Å². The van der Waals surface area contributed by atoms with Crippen LogP contribution in [0.25, 0.3) is 0 Å². The molecule has 4 nitrogen and oxygen atoms in total. The molecule has 1 aromatic rings. The Labute approximate surface area is 92.2 Å². The number of piperazine rings is 1. The van der Waals surface area contributed by atoms with Gasteiger partial charge in [0.15, 0.2) is 0 Å². The number of halogens is 1. The zero-order valence-electron chi connectivity index (χ0n) is 8.09. The third-order valence-corrected chi connectivity index (χ3v) is 3.26. The molecule has 1 fully saturated rings. The molecule has 0 saturated carbocycles. The van der Waals surface area contributed by atoms with Crippen LogP contribution in [0.2, 0.25) is 0 Å². The molecule has 0 amide bonds. The molecule has 0 spiro atoms. The Morgan fingerprint density at radius 2 is 2.21 bits per heavy atom. The van der Waals surface area contributed by atoms with E-state index in [4.69, 9.17) is 0 Å². The average molecular weight is 259 g/mol. The molecule has 0 unspecified atom stereocenters. The quantitative estimate of drug-likeness (QED) is 0.836. The second-order valence-corrected chi connectivity index (χ2v) is 4.34. The highest BCUT2D eigenvalue weighted by Crippen LogP contribution is 2.12. The summed E-state index contributed by atoms with van der Waals surface area (Å²) in [5.41, 5.74) is 1.27. The minimum Gasteiger partial charge on any atom is -0.314 e. The zero-order valence-corrected chi connectivity index (χ0v) is 9.68. The summed E-state index contributed by atoms with van der Waals surface area (Å²) in [5, 5.41) is 10.2. The van der Waals surface area contributed by atoms with Crippen LogP contribution in [0.15, 0.2) is 10.8 Å². The van der Waals surface area contributed by atoms with Gasteiger partial charge in [0.25, 0.3) is 0 Å². The van der Waals surface area contributed by atoms with Gasteiger partial charge in [0.05, 0.1) is 6.20 Å². The molecule has 1 aliphatic rings. The van der Waals surface area contributed by atoms with Crippen molar-refractivity contribution in [2.75, 3.05) is 32.7 Å². The number of aromatic nitrogens is 2. The molecule has 2 rings (SSSR count). The minimum absolute atomic E-state index is 1.02. The summed E-state index contributed by atoms with van der Waals surface area (Å²) in [6.45, 7) is 5.68. The lowest BCUT2D eigenvalue weighted by Crippen LogP contribution is -2.44. The Balaban J connectivity index is 1.79. The van der Waals surface area contributed by atoms with E-state index in [9.17, 15) is 0 Å². The fraction of sp³-hybridized carbons (Fsp3) is 0.667. The molecule has 1 saturated heterocycles. The van der Waals surface area contributed by atoms with E-state index < -0.39 is 0 Å². The Hall–Kier alpha value is -0.390. The van der Waals surface area contributed by atoms with Crippen LogP contribution in [0.4, 0.5) is 0 Å². The van der Waals surface area contributed by atoms with E-state index in [0.717, 1.165) is 43.7 Å². The normalized spacial score (nSPS) is 18.6. The number of nitrogens with zero attached hydrogens (tertiary/aromatic N) is 2. The van der Waals surface area contributed by atoms with Crippen molar-refractivity contribution in [3.63, 3.8) is 0 Å². The van der Waals surface area contributed by atoms with Gasteiger partial charge in [0.2, 0.25) is 0 Å². The maximum absolute atomic E-state index is 3.98. The Morgan fingerprint density at radius 3 is 2.86 bits per heavy atom. The Bertz CT molecular complexity index is 280. The van der Waals surface area contributed by atoms with Crippen molar-refractivity contribution >= 4 is 15.9 Å². The maximum Gasteiger partial charge on any atom is 0.104 e. The van der Waals surface area contributed by atoms with Gasteiger partial charge < -0.3 is 10.2 Å². The van der Waals surface area contributed by atoms with Gasteiger partial charge >= 0.3 is 0 Å². The van der Waals surface area contributed by atoms with Crippen LogP contribution in [0.1, 0.15) is 5.56 Å². The van der Waals surface area contributed by atoms with Gasteiger partial charge in [-0.25, -0.2) is 0 Å². The van der Waals surface area contributed by atoms with Crippen molar-refractivity contribution in [2.45, 2.75) is 6.42 Å². The largest absolute Gasteiger partial charge is 0.314 e. The van der Waals surface area contributed by atoms with E-state index in [2.05, 4.69) is 36.3 Å². The topological polar surface area (TPSA) is 44.0 Å². The summed E-state index contributed by atoms with van der Waals surface area (Å²) in [6.07, 6.45) is 2.96. The van der Waals surface area contributed by atoms with E-state index >= 15 is 0 Å². The van der Waals surface area contributed by atoms with Crippen molar-refractivity contribution in [3.8, 4) is 0 Å². The molecule has 78 valence electrons. The fourth-order valence-electron chi connectivity index (χ4n) is 1.68. The van der Waals surface area contributed by atoms with Crippen LogP contribution < -0.4 is 5.32 Å². The molecule has 0 aromatic carbocycles. The number of H-pyrrole nitrogens is 1. The number of hydrogen-bond acceptors (Lipinski definition) is 3. The molecule has 1 aromatic heterocycles. The summed E-state index contributed by atoms with van der Waals surface area (Å²) in [6, 6.07) is 0. The predicted octanol–water partition coefficient (Wildman–Crippen LogP) is 0.620. The van der Waals surface area contributed by atoms with Crippen molar-refractivity contribution in [3.05, 3.63) is 16.4 Å². The molecule has 0 aliphatic carbocycles. The standard InChI is InChI=1S/C9H15BrN4/c10-9-8(7-12-13-9)1-4-14-5-2-11-3-6-14/h7,11H,1-6H2,(H,12,13). The van der Waals surface area contributed by atoms with Crippen LogP contribution in [0, 0.1) is 0 Å². The first kappa shape index (κ1) is 10.1. The van der Waals surface area contributed by atoms with E-state index in [-0.39, 0.29) is 0 Å². The molecule has 14 heavy (non-hydrogen) atoms. The van der Waals surface area contributed by atoms with Crippen LogP contribution in [-0.2, 0) is 6.42 Å². The van der Waals surface area contributed by atoms with Gasteiger partial charge in [-0.1, -0.05) is 0 Å². The molecule has 5 heteroatoms. The number of hydrogen-bond donors (Lipinski definition) is 2. The van der Waals surface area contributed by atoms with Gasteiger partial charge in [0, 0.05) is 38.3 Å². The first-order valence-corrected chi connectivity index (χ1v) is 5.76. The van der Waals surface area contributed by atoms with Crippen molar-refractivity contribution in [1.82, 2.24) is 20.4 Å². The summed E-state index contributed by atoms with van der Waals surface area (Å²) in [4.78, 5) is 2.48. The predicted molar refractivity (Wildman–Crippen MR) is 59.3 cm³/mol. The lowest BCUT2D eigenvalue weighted by Gasteiger charge is -2.26. The van der Waals surface area contributed by atoms with Crippen molar-refractivity contribution < 1.29 is 0 Å².